The highest BCUT2D eigenvalue weighted by atomic mass is 32.3. The van der Waals surface area contributed by atoms with Gasteiger partial charge in [0.2, 0.25) is 5.91 Å². The number of rotatable bonds is 2. The molecule has 1 aromatic rings. The van der Waals surface area contributed by atoms with Gasteiger partial charge in [-0.3, -0.25) is 4.79 Å². The van der Waals surface area contributed by atoms with Crippen LogP contribution in [0, 0.1) is 0 Å². The van der Waals surface area contributed by atoms with E-state index in [9.17, 15) is 17.1 Å². The number of benzene rings is 1. The molecule has 4 nitrogen and oxygen atoms in total. The molecule has 86 valence electrons. The third-order valence-corrected chi connectivity index (χ3v) is 3.34. The molecule has 0 spiro atoms. The molecule has 0 atom stereocenters. The summed E-state index contributed by atoms with van der Waals surface area (Å²) in [6.07, 6.45) is 1.30. The van der Waals surface area contributed by atoms with Gasteiger partial charge in [-0.2, -0.15) is 8.42 Å². The predicted molar refractivity (Wildman–Crippen MR) is 56.3 cm³/mol. The Bertz CT molecular complexity index is 509. The second-order valence-corrected chi connectivity index (χ2v) is 4.93. The van der Waals surface area contributed by atoms with Gasteiger partial charge in [-0.05, 0) is 30.7 Å². The molecule has 0 aliphatic carbocycles. The van der Waals surface area contributed by atoms with Crippen molar-refractivity contribution >= 4 is 21.8 Å². The monoisotopic (exact) mass is 243 g/mol. The van der Waals surface area contributed by atoms with E-state index < -0.39 is 10.2 Å². The Kier molecular flexibility index (Phi) is 2.67. The number of anilines is 1. The van der Waals surface area contributed by atoms with Crippen molar-refractivity contribution in [1.29, 1.82) is 0 Å². The summed E-state index contributed by atoms with van der Waals surface area (Å²) in [5, 5.41) is 0. The molecule has 1 saturated heterocycles. The van der Waals surface area contributed by atoms with Crippen LogP contribution in [0.15, 0.2) is 29.2 Å². The first-order valence-corrected chi connectivity index (χ1v) is 6.22. The Morgan fingerprint density at radius 3 is 2.25 bits per heavy atom. The zero-order valence-corrected chi connectivity index (χ0v) is 9.21. The van der Waals surface area contributed by atoms with Gasteiger partial charge >= 0.3 is 10.2 Å². The summed E-state index contributed by atoms with van der Waals surface area (Å²) < 4.78 is 33.8. The normalized spacial score (nSPS) is 16.8. The second kappa shape index (κ2) is 3.86. The van der Waals surface area contributed by atoms with Gasteiger partial charge in [0, 0.05) is 18.7 Å². The summed E-state index contributed by atoms with van der Waals surface area (Å²) in [7, 11) is -4.66. The summed E-state index contributed by atoms with van der Waals surface area (Å²) in [5.74, 6) is 0.0101. The lowest BCUT2D eigenvalue weighted by Gasteiger charge is -2.15. The van der Waals surface area contributed by atoms with E-state index in [2.05, 4.69) is 0 Å². The Hall–Kier alpha value is -1.43. The largest absolute Gasteiger partial charge is 0.332 e. The van der Waals surface area contributed by atoms with Gasteiger partial charge in [0.05, 0.1) is 4.90 Å². The zero-order chi connectivity index (χ0) is 11.8. The van der Waals surface area contributed by atoms with Gasteiger partial charge < -0.3 is 4.90 Å². The SMILES string of the molecule is O=C1CCCN1c1ccc(S(=O)(=O)F)cc1. The lowest BCUT2D eigenvalue weighted by molar-refractivity contribution is -0.117. The van der Waals surface area contributed by atoms with E-state index in [1.807, 2.05) is 0 Å². The molecule has 0 N–H and O–H groups in total. The Balaban J connectivity index is 2.29. The number of carbonyl (C=O) groups excluding carboxylic acids is 1. The minimum absolute atomic E-state index is 0.0101. The minimum atomic E-state index is -4.66. The number of hydrogen-bond acceptors (Lipinski definition) is 3. The number of carbonyl (C=O) groups is 1. The Morgan fingerprint density at radius 1 is 1.19 bits per heavy atom. The fourth-order valence-corrected chi connectivity index (χ4v) is 2.17. The van der Waals surface area contributed by atoms with Gasteiger partial charge in [-0.15, -0.1) is 3.89 Å². The number of hydrogen-bond donors (Lipinski definition) is 0. The molecule has 16 heavy (non-hydrogen) atoms. The summed E-state index contributed by atoms with van der Waals surface area (Å²) in [6, 6.07) is 5.21. The highest BCUT2D eigenvalue weighted by Gasteiger charge is 2.22. The van der Waals surface area contributed by atoms with Gasteiger partial charge in [-0.25, -0.2) is 0 Å². The van der Waals surface area contributed by atoms with Crippen molar-refractivity contribution in [1.82, 2.24) is 0 Å². The molecule has 0 aromatic heterocycles. The molecule has 1 heterocycles. The molecule has 1 fully saturated rings. The van der Waals surface area contributed by atoms with Crippen molar-refractivity contribution in [3.8, 4) is 0 Å². The van der Waals surface area contributed by atoms with Gasteiger partial charge in [-0.1, -0.05) is 0 Å². The van der Waals surface area contributed by atoms with Crippen molar-refractivity contribution in [2.24, 2.45) is 0 Å². The van der Waals surface area contributed by atoms with Crippen molar-refractivity contribution in [2.75, 3.05) is 11.4 Å². The topological polar surface area (TPSA) is 54.5 Å². The average molecular weight is 243 g/mol. The molecule has 6 heteroatoms. The van der Waals surface area contributed by atoms with Crippen LogP contribution in [0.2, 0.25) is 0 Å². The summed E-state index contributed by atoms with van der Waals surface area (Å²) in [6.45, 7) is 0.626. The van der Waals surface area contributed by atoms with Crippen LogP contribution < -0.4 is 4.90 Å². The minimum Gasteiger partial charge on any atom is -0.312 e. The van der Waals surface area contributed by atoms with Crippen LogP contribution in [0.1, 0.15) is 12.8 Å². The smallest absolute Gasteiger partial charge is 0.312 e. The van der Waals surface area contributed by atoms with Gasteiger partial charge in [0.15, 0.2) is 0 Å². The fraction of sp³-hybridized carbons (Fsp3) is 0.300. The Labute approximate surface area is 92.9 Å². The van der Waals surface area contributed by atoms with E-state index in [0.29, 0.717) is 18.7 Å². The average Bonchev–Trinajstić information content (AvgIpc) is 2.63. The molecule has 0 bridgehead atoms. The highest BCUT2D eigenvalue weighted by Crippen LogP contribution is 2.23. The lowest BCUT2D eigenvalue weighted by atomic mass is 10.3. The van der Waals surface area contributed by atoms with Crippen LogP contribution in [-0.2, 0) is 15.0 Å². The second-order valence-electron chi connectivity index (χ2n) is 3.58. The van der Waals surface area contributed by atoms with Crippen LogP contribution >= 0.6 is 0 Å². The summed E-state index contributed by atoms with van der Waals surface area (Å²) >= 11 is 0. The molecule has 1 aliphatic heterocycles. The molecule has 1 aliphatic rings. The van der Waals surface area contributed by atoms with Gasteiger partial charge in [0.1, 0.15) is 0 Å². The van der Waals surface area contributed by atoms with Crippen molar-refractivity contribution in [2.45, 2.75) is 17.7 Å². The first kappa shape index (κ1) is 11.1. The van der Waals surface area contributed by atoms with Crippen LogP contribution in [0.25, 0.3) is 0 Å². The molecular formula is C10H10FNO3S. The molecule has 0 radical (unpaired) electrons. The molecule has 1 aromatic carbocycles. The van der Waals surface area contributed by atoms with Crippen LogP contribution in [-0.4, -0.2) is 20.9 Å². The number of nitrogens with zero attached hydrogens (tertiary/aromatic N) is 1. The van der Waals surface area contributed by atoms with Crippen LogP contribution in [0.5, 0.6) is 0 Å². The van der Waals surface area contributed by atoms with Crippen LogP contribution in [0.4, 0.5) is 9.57 Å². The maximum absolute atomic E-state index is 12.6. The van der Waals surface area contributed by atoms with E-state index in [4.69, 9.17) is 0 Å². The quantitative estimate of drug-likeness (QED) is 0.739. The standard InChI is InChI=1S/C10H10FNO3S/c11-16(14,15)9-5-3-8(4-6-9)12-7-1-2-10(12)13/h3-6H,1-2,7H2. The third kappa shape index (κ3) is 2.06. The molecular weight excluding hydrogens is 233 g/mol. The fourth-order valence-electron chi connectivity index (χ4n) is 1.71. The molecule has 2 rings (SSSR count). The van der Waals surface area contributed by atoms with Crippen molar-refractivity contribution in [3.63, 3.8) is 0 Å². The van der Waals surface area contributed by atoms with E-state index in [1.165, 1.54) is 12.1 Å². The number of amides is 1. The van der Waals surface area contributed by atoms with E-state index in [0.717, 1.165) is 18.6 Å². The molecule has 1 amide bonds. The third-order valence-electron chi connectivity index (χ3n) is 2.50. The predicted octanol–water partition coefficient (Wildman–Crippen LogP) is 1.47. The van der Waals surface area contributed by atoms with E-state index in [1.54, 1.807) is 4.90 Å². The van der Waals surface area contributed by atoms with Crippen molar-refractivity contribution < 1.29 is 17.1 Å². The van der Waals surface area contributed by atoms with E-state index in [-0.39, 0.29) is 10.8 Å². The summed E-state index contributed by atoms with van der Waals surface area (Å²) in [5.41, 5.74) is 0.606. The van der Waals surface area contributed by atoms with Crippen molar-refractivity contribution in [3.05, 3.63) is 24.3 Å². The highest BCUT2D eigenvalue weighted by molar-refractivity contribution is 7.86. The Morgan fingerprint density at radius 2 is 1.81 bits per heavy atom. The number of halogens is 1. The maximum atomic E-state index is 12.6. The maximum Gasteiger partial charge on any atom is 0.332 e. The van der Waals surface area contributed by atoms with Gasteiger partial charge in [0.25, 0.3) is 0 Å². The first-order valence-electron chi connectivity index (χ1n) is 4.83. The van der Waals surface area contributed by atoms with E-state index >= 15 is 0 Å². The molecule has 0 unspecified atom stereocenters. The zero-order valence-electron chi connectivity index (χ0n) is 8.39. The summed E-state index contributed by atoms with van der Waals surface area (Å²) in [4.78, 5) is 12.6. The lowest BCUT2D eigenvalue weighted by Crippen LogP contribution is -2.23. The molecule has 0 saturated carbocycles. The van der Waals surface area contributed by atoms with Crippen LogP contribution in [0.3, 0.4) is 0 Å². The first-order chi connectivity index (χ1) is 7.48.